The first kappa shape index (κ1) is 19.4. The van der Waals surface area contributed by atoms with Crippen molar-refractivity contribution in [3.05, 3.63) is 84.2 Å². The molecule has 0 N–H and O–H groups in total. The molecule has 2 aliphatic heterocycles. The van der Waals surface area contributed by atoms with Crippen molar-refractivity contribution in [1.82, 2.24) is 9.80 Å². The third kappa shape index (κ3) is 4.71. The van der Waals surface area contributed by atoms with E-state index in [2.05, 4.69) is 52.8 Å². The molecular formula is C25H31FN2. The molecule has 0 aromatic heterocycles. The van der Waals surface area contributed by atoms with Crippen LogP contribution in [0.4, 0.5) is 4.39 Å². The number of rotatable bonds is 6. The predicted octanol–water partition coefficient (Wildman–Crippen LogP) is 4.94. The molecule has 2 aliphatic rings. The summed E-state index contributed by atoms with van der Waals surface area (Å²) in [5.41, 5.74) is 2.69. The van der Waals surface area contributed by atoms with Crippen molar-refractivity contribution < 1.29 is 4.39 Å². The number of hydrogen-bond donors (Lipinski definition) is 0. The zero-order chi connectivity index (χ0) is 19.3. The lowest BCUT2D eigenvalue weighted by Crippen LogP contribution is -2.38. The third-order valence-corrected chi connectivity index (χ3v) is 6.54. The molecule has 4 rings (SSSR count). The lowest BCUT2D eigenvalue weighted by Gasteiger charge is -2.34. The summed E-state index contributed by atoms with van der Waals surface area (Å²) in [5, 5.41) is 0. The van der Waals surface area contributed by atoms with E-state index in [1.54, 1.807) is 12.1 Å². The first-order valence-electron chi connectivity index (χ1n) is 10.6. The average molecular weight is 379 g/mol. The first-order valence-corrected chi connectivity index (χ1v) is 10.6. The fraction of sp³-hybridized carbons (Fsp3) is 0.440. The van der Waals surface area contributed by atoms with Crippen LogP contribution in [-0.4, -0.2) is 42.5 Å². The van der Waals surface area contributed by atoms with Gasteiger partial charge in [-0.2, -0.15) is 0 Å². The SMILES string of the molecule is C=CC1CN(Cc2ccccc2)CC1CN1CCC(c2ccc(F)cc2)CC1. The lowest BCUT2D eigenvalue weighted by atomic mass is 9.88. The molecule has 3 heteroatoms. The number of benzene rings is 2. The van der Waals surface area contributed by atoms with E-state index in [1.165, 1.54) is 24.0 Å². The quantitative estimate of drug-likeness (QED) is 0.657. The van der Waals surface area contributed by atoms with E-state index in [4.69, 9.17) is 0 Å². The topological polar surface area (TPSA) is 6.48 Å². The van der Waals surface area contributed by atoms with Gasteiger partial charge in [-0.05, 0) is 66.9 Å². The molecular weight excluding hydrogens is 347 g/mol. The fourth-order valence-corrected chi connectivity index (χ4v) is 4.94. The fourth-order valence-electron chi connectivity index (χ4n) is 4.94. The summed E-state index contributed by atoms with van der Waals surface area (Å²) in [6, 6.07) is 17.9. The van der Waals surface area contributed by atoms with Crippen molar-refractivity contribution in [3.63, 3.8) is 0 Å². The van der Waals surface area contributed by atoms with Gasteiger partial charge in [0.15, 0.2) is 0 Å². The monoisotopic (exact) mass is 378 g/mol. The van der Waals surface area contributed by atoms with E-state index >= 15 is 0 Å². The van der Waals surface area contributed by atoms with Crippen LogP contribution in [0.3, 0.4) is 0 Å². The second-order valence-electron chi connectivity index (χ2n) is 8.47. The van der Waals surface area contributed by atoms with Crippen LogP contribution in [0.1, 0.15) is 29.9 Å². The third-order valence-electron chi connectivity index (χ3n) is 6.54. The molecule has 0 spiro atoms. The number of likely N-dealkylation sites (tertiary alicyclic amines) is 2. The van der Waals surface area contributed by atoms with Gasteiger partial charge in [0.05, 0.1) is 0 Å². The van der Waals surface area contributed by atoms with E-state index in [9.17, 15) is 4.39 Å². The summed E-state index contributed by atoms with van der Waals surface area (Å²) in [5.74, 6) is 1.69. The van der Waals surface area contributed by atoms with Crippen LogP contribution in [0.2, 0.25) is 0 Å². The highest BCUT2D eigenvalue weighted by molar-refractivity contribution is 5.21. The number of piperidine rings is 1. The van der Waals surface area contributed by atoms with Gasteiger partial charge >= 0.3 is 0 Å². The van der Waals surface area contributed by atoms with Gasteiger partial charge in [-0.1, -0.05) is 48.5 Å². The molecule has 148 valence electrons. The maximum Gasteiger partial charge on any atom is 0.123 e. The second kappa shape index (κ2) is 9.02. The van der Waals surface area contributed by atoms with Crippen molar-refractivity contribution in [2.24, 2.45) is 11.8 Å². The van der Waals surface area contributed by atoms with Crippen molar-refractivity contribution in [1.29, 1.82) is 0 Å². The molecule has 0 bridgehead atoms. The molecule has 0 radical (unpaired) electrons. The molecule has 2 aromatic rings. The smallest absolute Gasteiger partial charge is 0.123 e. The van der Waals surface area contributed by atoms with Crippen molar-refractivity contribution >= 4 is 0 Å². The number of nitrogens with zero attached hydrogens (tertiary/aromatic N) is 2. The van der Waals surface area contributed by atoms with Crippen LogP contribution >= 0.6 is 0 Å². The standard InChI is InChI=1S/C25H31FN2/c1-2-21-17-28(16-20-6-4-3-5-7-20)19-24(21)18-27-14-12-23(13-15-27)22-8-10-25(26)11-9-22/h2-11,21,23-24H,1,12-19H2. The Kier molecular flexibility index (Phi) is 6.23. The Morgan fingerprint density at radius 1 is 0.929 bits per heavy atom. The van der Waals surface area contributed by atoms with Crippen LogP contribution in [-0.2, 0) is 6.54 Å². The van der Waals surface area contributed by atoms with Crippen LogP contribution < -0.4 is 0 Å². The second-order valence-corrected chi connectivity index (χ2v) is 8.47. The van der Waals surface area contributed by atoms with Gasteiger partial charge < -0.3 is 4.90 Å². The minimum absolute atomic E-state index is 0.141. The van der Waals surface area contributed by atoms with E-state index in [1.807, 2.05) is 12.1 Å². The molecule has 0 saturated carbocycles. The molecule has 0 aliphatic carbocycles. The summed E-state index contributed by atoms with van der Waals surface area (Å²) >= 11 is 0. The summed E-state index contributed by atoms with van der Waals surface area (Å²) in [6.45, 7) is 10.9. The van der Waals surface area contributed by atoms with E-state index in [0.29, 0.717) is 17.8 Å². The van der Waals surface area contributed by atoms with Crippen LogP contribution in [0, 0.1) is 17.7 Å². The van der Waals surface area contributed by atoms with Gasteiger partial charge in [0.25, 0.3) is 0 Å². The highest BCUT2D eigenvalue weighted by Gasteiger charge is 2.33. The van der Waals surface area contributed by atoms with Gasteiger partial charge in [0.1, 0.15) is 5.82 Å². The molecule has 2 aromatic carbocycles. The molecule has 2 atom stereocenters. The van der Waals surface area contributed by atoms with E-state index in [-0.39, 0.29) is 5.82 Å². The molecule has 2 fully saturated rings. The molecule has 0 amide bonds. The van der Waals surface area contributed by atoms with Crippen molar-refractivity contribution in [3.8, 4) is 0 Å². The Morgan fingerprint density at radius 2 is 1.64 bits per heavy atom. The largest absolute Gasteiger partial charge is 0.303 e. The predicted molar refractivity (Wildman–Crippen MR) is 114 cm³/mol. The molecule has 2 saturated heterocycles. The van der Waals surface area contributed by atoms with Crippen molar-refractivity contribution in [2.45, 2.75) is 25.3 Å². The van der Waals surface area contributed by atoms with Gasteiger partial charge in [-0.15, -0.1) is 6.58 Å². The van der Waals surface area contributed by atoms with Crippen LogP contribution in [0.5, 0.6) is 0 Å². The maximum atomic E-state index is 13.2. The molecule has 2 nitrogen and oxygen atoms in total. The lowest BCUT2D eigenvalue weighted by molar-refractivity contribution is 0.174. The van der Waals surface area contributed by atoms with Gasteiger partial charge in [-0.25, -0.2) is 4.39 Å². The minimum atomic E-state index is -0.141. The zero-order valence-electron chi connectivity index (χ0n) is 16.6. The Morgan fingerprint density at radius 3 is 2.32 bits per heavy atom. The molecule has 28 heavy (non-hydrogen) atoms. The Bertz CT molecular complexity index is 750. The van der Waals surface area contributed by atoms with Gasteiger partial charge in [0.2, 0.25) is 0 Å². The zero-order valence-corrected chi connectivity index (χ0v) is 16.6. The van der Waals surface area contributed by atoms with Crippen LogP contribution in [0.15, 0.2) is 67.3 Å². The van der Waals surface area contributed by atoms with E-state index in [0.717, 1.165) is 39.3 Å². The van der Waals surface area contributed by atoms with Gasteiger partial charge in [-0.3, -0.25) is 4.90 Å². The summed E-state index contributed by atoms with van der Waals surface area (Å²) in [6.07, 6.45) is 4.51. The number of halogens is 1. The molecule has 2 heterocycles. The first-order chi connectivity index (χ1) is 13.7. The summed E-state index contributed by atoms with van der Waals surface area (Å²) in [7, 11) is 0. The summed E-state index contributed by atoms with van der Waals surface area (Å²) < 4.78 is 13.2. The van der Waals surface area contributed by atoms with Crippen molar-refractivity contribution in [2.75, 3.05) is 32.7 Å². The highest BCUT2D eigenvalue weighted by Crippen LogP contribution is 2.31. The average Bonchev–Trinajstić information content (AvgIpc) is 3.11. The Labute approximate surface area is 168 Å². The molecule has 2 unspecified atom stereocenters. The minimum Gasteiger partial charge on any atom is -0.303 e. The van der Waals surface area contributed by atoms with Gasteiger partial charge in [0, 0.05) is 26.2 Å². The maximum absolute atomic E-state index is 13.2. The number of hydrogen-bond acceptors (Lipinski definition) is 2. The highest BCUT2D eigenvalue weighted by atomic mass is 19.1. The van der Waals surface area contributed by atoms with E-state index < -0.39 is 0 Å². The Balaban J connectivity index is 1.29. The Hall–Kier alpha value is -1.97. The van der Waals surface area contributed by atoms with Crippen LogP contribution in [0.25, 0.3) is 0 Å². The normalized spacial score (nSPS) is 24.5. The summed E-state index contributed by atoms with van der Waals surface area (Å²) in [4.78, 5) is 5.21.